The SMILES string of the molecule is CCCCO[C@H]1C[C@@H]2CC[C@@H]3[C@@H](C)ON(O1)[C@]23C. The molecule has 5 atom stereocenters. The monoisotopic (exact) mass is 255 g/mol. The van der Waals surface area contributed by atoms with Crippen LogP contribution in [0.25, 0.3) is 0 Å². The third-order valence-corrected chi connectivity index (χ3v) is 5.12. The highest BCUT2D eigenvalue weighted by Gasteiger charge is 2.62. The maximum atomic E-state index is 5.90. The quantitative estimate of drug-likeness (QED) is 0.723. The summed E-state index contributed by atoms with van der Waals surface area (Å²) in [6.45, 7) is 7.42. The predicted molar refractivity (Wildman–Crippen MR) is 67.4 cm³/mol. The second-order valence-electron chi connectivity index (χ2n) is 6.17. The molecule has 1 saturated carbocycles. The molecule has 104 valence electrons. The van der Waals surface area contributed by atoms with Crippen molar-refractivity contribution in [3.8, 4) is 0 Å². The van der Waals surface area contributed by atoms with Gasteiger partial charge in [0, 0.05) is 18.9 Å². The lowest BCUT2D eigenvalue weighted by molar-refractivity contribution is -0.459. The predicted octanol–water partition coefficient (Wildman–Crippen LogP) is 2.89. The number of unbranched alkanes of at least 4 members (excludes halogenated alkanes) is 1. The third kappa shape index (κ3) is 1.82. The molecule has 1 aliphatic carbocycles. The highest BCUT2D eigenvalue weighted by Crippen LogP contribution is 2.55. The van der Waals surface area contributed by atoms with E-state index in [1.165, 1.54) is 12.8 Å². The largest absolute Gasteiger partial charge is 0.351 e. The Kier molecular flexibility index (Phi) is 3.39. The van der Waals surface area contributed by atoms with Gasteiger partial charge in [-0.1, -0.05) is 18.6 Å². The molecule has 2 aliphatic heterocycles. The number of nitrogens with zero attached hydrogens (tertiary/aromatic N) is 1. The van der Waals surface area contributed by atoms with Crippen molar-refractivity contribution in [2.24, 2.45) is 11.8 Å². The van der Waals surface area contributed by atoms with Crippen LogP contribution < -0.4 is 0 Å². The van der Waals surface area contributed by atoms with E-state index in [4.69, 9.17) is 14.4 Å². The van der Waals surface area contributed by atoms with Gasteiger partial charge in [-0.05, 0) is 39.0 Å². The second kappa shape index (κ2) is 4.75. The van der Waals surface area contributed by atoms with Crippen LogP contribution in [0.2, 0.25) is 0 Å². The number of hydroxylamine groups is 2. The van der Waals surface area contributed by atoms with E-state index >= 15 is 0 Å². The van der Waals surface area contributed by atoms with Crippen LogP contribution in [-0.2, 0) is 14.4 Å². The van der Waals surface area contributed by atoms with Crippen molar-refractivity contribution in [2.45, 2.75) is 70.8 Å². The van der Waals surface area contributed by atoms with Crippen molar-refractivity contribution in [1.82, 2.24) is 5.23 Å². The molecule has 4 nitrogen and oxygen atoms in total. The van der Waals surface area contributed by atoms with Gasteiger partial charge in [-0.25, -0.2) is 4.84 Å². The van der Waals surface area contributed by atoms with E-state index in [0.29, 0.717) is 11.8 Å². The summed E-state index contributed by atoms with van der Waals surface area (Å²) < 4.78 is 5.82. The first kappa shape index (κ1) is 12.9. The summed E-state index contributed by atoms with van der Waals surface area (Å²) in [5, 5.41) is 1.78. The Hall–Kier alpha value is -0.160. The van der Waals surface area contributed by atoms with Gasteiger partial charge in [0.1, 0.15) is 0 Å². The highest BCUT2D eigenvalue weighted by atomic mass is 17.0. The van der Waals surface area contributed by atoms with Crippen LogP contribution in [-0.4, -0.2) is 29.8 Å². The van der Waals surface area contributed by atoms with E-state index in [-0.39, 0.29) is 17.9 Å². The molecule has 4 heteroatoms. The van der Waals surface area contributed by atoms with Crippen LogP contribution in [0.1, 0.15) is 52.9 Å². The van der Waals surface area contributed by atoms with Gasteiger partial charge in [-0.2, -0.15) is 0 Å². The van der Waals surface area contributed by atoms with Crippen LogP contribution in [0, 0.1) is 11.8 Å². The molecule has 0 unspecified atom stereocenters. The first-order chi connectivity index (χ1) is 8.66. The van der Waals surface area contributed by atoms with E-state index in [9.17, 15) is 0 Å². The van der Waals surface area contributed by atoms with Gasteiger partial charge >= 0.3 is 0 Å². The van der Waals surface area contributed by atoms with Gasteiger partial charge < -0.3 is 4.74 Å². The van der Waals surface area contributed by atoms with E-state index in [2.05, 4.69) is 20.8 Å². The summed E-state index contributed by atoms with van der Waals surface area (Å²) in [4.78, 5) is 11.8. The van der Waals surface area contributed by atoms with Crippen molar-refractivity contribution in [2.75, 3.05) is 6.61 Å². The minimum Gasteiger partial charge on any atom is -0.351 e. The number of hydrogen-bond acceptors (Lipinski definition) is 4. The van der Waals surface area contributed by atoms with Crippen molar-refractivity contribution in [1.29, 1.82) is 0 Å². The van der Waals surface area contributed by atoms with Gasteiger partial charge in [-0.15, -0.1) is 0 Å². The van der Waals surface area contributed by atoms with Gasteiger partial charge in [0.15, 0.2) is 6.29 Å². The zero-order chi connectivity index (χ0) is 12.8. The molecule has 0 amide bonds. The Labute approximate surface area is 109 Å². The molecule has 0 aromatic rings. The second-order valence-corrected chi connectivity index (χ2v) is 6.17. The first-order valence-corrected chi connectivity index (χ1v) is 7.41. The Morgan fingerprint density at radius 3 is 2.94 bits per heavy atom. The Balaban J connectivity index is 1.67. The topological polar surface area (TPSA) is 30.9 Å². The summed E-state index contributed by atoms with van der Waals surface area (Å²) in [5.74, 6) is 1.26. The minimum atomic E-state index is -0.112. The molecule has 0 N–H and O–H groups in total. The van der Waals surface area contributed by atoms with Gasteiger partial charge in [0.25, 0.3) is 0 Å². The summed E-state index contributed by atoms with van der Waals surface area (Å²) >= 11 is 0. The first-order valence-electron chi connectivity index (χ1n) is 7.41. The lowest BCUT2D eigenvalue weighted by Crippen LogP contribution is -2.54. The number of rotatable bonds is 4. The lowest BCUT2D eigenvalue weighted by atomic mass is 9.79. The molecule has 0 bridgehead atoms. The zero-order valence-corrected chi connectivity index (χ0v) is 11.7. The fourth-order valence-corrected chi connectivity index (χ4v) is 3.93. The van der Waals surface area contributed by atoms with Crippen LogP contribution in [0.4, 0.5) is 0 Å². The minimum absolute atomic E-state index is 0.0734. The van der Waals surface area contributed by atoms with Gasteiger partial charge in [0.05, 0.1) is 11.6 Å². The summed E-state index contributed by atoms with van der Waals surface area (Å²) in [7, 11) is 0. The average molecular weight is 255 g/mol. The van der Waals surface area contributed by atoms with Gasteiger partial charge in [0.2, 0.25) is 0 Å². The van der Waals surface area contributed by atoms with E-state index in [1.54, 1.807) is 5.23 Å². The third-order valence-electron chi connectivity index (χ3n) is 5.12. The standard InChI is InChI=1S/C14H25NO3/c1-4-5-8-16-13-9-11-6-7-12-10(2)17-15(18-13)14(11,12)3/h10-13H,4-9H2,1-3H3/t10-,11+,12-,13-,14-/m1/s1. The summed E-state index contributed by atoms with van der Waals surface area (Å²) in [6, 6.07) is 0. The van der Waals surface area contributed by atoms with Crippen molar-refractivity contribution >= 4 is 0 Å². The number of ether oxygens (including phenoxy) is 1. The van der Waals surface area contributed by atoms with Crippen molar-refractivity contribution in [3.05, 3.63) is 0 Å². The normalized spacial score (nSPS) is 47.5. The van der Waals surface area contributed by atoms with Crippen LogP contribution >= 0.6 is 0 Å². The molecular weight excluding hydrogens is 230 g/mol. The van der Waals surface area contributed by atoms with Gasteiger partial charge in [-0.3, -0.25) is 4.84 Å². The Morgan fingerprint density at radius 2 is 2.17 bits per heavy atom. The fraction of sp³-hybridized carbons (Fsp3) is 1.00. The molecule has 0 aromatic carbocycles. The lowest BCUT2D eigenvalue weighted by Gasteiger charge is -2.43. The Bertz CT molecular complexity index is 311. The smallest absolute Gasteiger partial charge is 0.180 e. The van der Waals surface area contributed by atoms with Crippen LogP contribution in [0.15, 0.2) is 0 Å². The van der Waals surface area contributed by atoms with E-state index in [0.717, 1.165) is 25.9 Å². The van der Waals surface area contributed by atoms with Crippen LogP contribution in [0.3, 0.4) is 0 Å². The van der Waals surface area contributed by atoms with Crippen molar-refractivity contribution in [3.63, 3.8) is 0 Å². The molecule has 18 heavy (non-hydrogen) atoms. The molecule has 2 heterocycles. The molecule has 0 spiro atoms. The summed E-state index contributed by atoms with van der Waals surface area (Å²) in [5.41, 5.74) is 0.0734. The average Bonchev–Trinajstić information content (AvgIpc) is 2.80. The van der Waals surface area contributed by atoms with Crippen molar-refractivity contribution < 1.29 is 14.4 Å². The molecule has 3 aliphatic rings. The maximum Gasteiger partial charge on any atom is 0.180 e. The molecule has 0 radical (unpaired) electrons. The number of hydrogen-bond donors (Lipinski definition) is 0. The molecule has 3 fully saturated rings. The molecule has 0 aromatic heterocycles. The molecule has 3 rings (SSSR count). The zero-order valence-electron chi connectivity index (χ0n) is 11.7. The summed E-state index contributed by atoms with van der Waals surface area (Å²) in [6.07, 6.45) is 5.97. The molecule has 2 saturated heterocycles. The van der Waals surface area contributed by atoms with E-state index < -0.39 is 0 Å². The Morgan fingerprint density at radius 1 is 1.33 bits per heavy atom. The molecular formula is C14H25NO3. The van der Waals surface area contributed by atoms with Crippen LogP contribution in [0.5, 0.6) is 0 Å². The van der Waals surface area contributed by atoms with E-state index in [1.807, 2.05) is 0 Å². The highest BCUT2D eigenvalue weighted by molar-refractivity contribution is 5.06. The fourth-order valence-electron chi connectivity index (χ4n) is 3.93. The maximum absolute atomic E-state index is 5.90.